The van der Waals surface area contributed by atoms with Gasteiger partial charge in [0.2, 0.25) is 0 Å². The van der Waals surface area contributed by atoms with Crippen LogP contribution in [0.3, 0.4) is 0 Å². The monoisotopic (exact) mass is 192 g/mol. The number of aryl methyl sites for hydroxylation is 1. The molecule has 3 N–H and O–H groups in total. The van der Waals surface area contributed by atoms with Crippen LogP contribution in [0.1, 0.15) is 42.5 Å². The Kier molecular flexibility index (Phi) is 2.42. The highest BCUT2D eigenvalue weighted by molar-refractivity contribution is 5.44. The van der Waals surface area contributed by atoms with Gasteiger partial charge in [-0.3, -0.25) is 0 Å². The van der Waals surface area contributed by atoms with Crippen molar-refractivity contribution in [3.63, 3.8) is 0 Å². The summed E-state index contributed by atoms with van der Waals surface area (Å²) in [6.07, 6.45) is 3.47. The zero-order chi connectivity index (χ0) is 10.1. The van der Waals surface area contributed by atoms with E-state index >= 15 is 0 Å². The second-order valence-electron chi connectivity index (χ2n) is 4.03. The van der Waals surface area contributed by atoms with Crippen molar-refractivity contribution >= 4 is 5.82 Å². The maximum absolute atomic E-state index is 9.07. The van der Waals surface area contributed by atoms with Gasteiger partial charge in [-0.2, -0.15) is 0 Å². The fraction of sp³-hybridized carbons (Fsp3) is 0.545. The van der Waals surface area contributed by atoms with Gasteiger partial charge in [-0.1, -0.05) is 6.92 Å². The Morgan fingerprint density at radius 3 is 3.14 bits per heavy atom. The summed E-state index contributed by atoms with van der Waals surface area (Å²) in [6, 6.07) is 2.01. The van der Waals surface area contributed by atoms with E-state index < -0.39 is 0 Å². The van der Waals surface area contributed by atoms with E-state index in [4.69, 9.17) is 10.8 Å². The van der Waals surface area contributed by atoms with Crippen LogP contribution in [-0.2, 0) is 13.0 Å². The lowest BCUT2D eigenvalue weighted by Gasteiger charge is -2.22. The first-order valence-corrected chi connectivity index (χ1v) is 5.11. The van der Waals surface area contributed by atoms with E-state index in [1.165, 1.54) is 18.4 Å². The van der Waals surface area contributed by atoms with E-state index in [0.29, 0.717) is 11.7 Å². The van der Waals surface area contributed by atoms with E-state index in [2.05, 4.69) is 11.9 Å². The minimum atomic E-state index is -0.0134. The van der Waals surface area contributed by atoms with Crippen LogP contribution in [0.25, 0.3) is 0 Å². The van der Waals surface area contributed by atoms with Crippen molar-refractivity contribution in [2.45, 2.75) is 38.7 Å². The summed E-state index contributed by atoms with van der Waals surface area (Å²) in [7, 11) is 0. The molecule has 1 aliphatic carbocycles. The molecule has 1 heterocycles. The van der Waals surface area contributed by atoms with Gasteiger partial charge in [-0.05, 0) is 36.8 Å². The average molecular weight is 192 g/mol. The van der Waals surface area contributed by atoms with E-state index in [9.17, 15) is 0 Å². The van der Waals surface area contributed by atoms with Gasteiger partial charge in [0.1, 0.15) is 5.82 Å². The summed E-state index contributed by atoms with van der Waals surface area (Å²) < 4.78 is 0. The molecule has 76 valence electrons. The molecule has 0 aromatic carbocycles. The molecule has 0 saturated heterocycles. The molecule has 2 rings (SSSR count). The Hall–Kier alpha value is -1.09. The molecule has 3 nitrogen and oxygen atoms in total. The Balaban J connectivity index is 2.48. The van der Waals surface area contributed by atoms with E-state index in [1.807, 2.05) is 6.07 Å². The predicted molar refractivity (Wildman–Crippen MR) is 55.9 cm³/mol. The third kappa shape index (κ3) is 1.48. The largest absolute Gasteiger partial charge is 0.392 e. The van der Waals surface area contributed by atoms with Crippen LogP contribution < -0.4 is 5.73 Å². The van der Waals surface area contributed by atoms with Crippen molar-refractivity contribution in [1.82, 2.24) is 4.98 Å². The van der Waals surface area contributed by atoms with Crippen LogP contribution in [0.5, 0.6) is 0 Å². The van der Waals surface area contributed by atoms with Crippen molar-refractivity contribution in [3.05, 3.63) is 22.9 Å². The molecule has 1 aromatic rings. The van der Waals surface area contributed by atoms with Crippen LogP contribution in [0.15, 0.2) is 6.07 Å². The third-order valence-corrected chi connectivity index (χ3v) is 2.97. The van der Waals surface area contributed by atoms with E-state index in [1.54, 1.807) is 0 Å². The first-order valence-electron chi connectivity index (χ1n) is 5.11. The Bertz CT molecular complexity index is 349. The molecule has 0 aliphatic heterocycles. The predicted octanol–water partition coefficient (Wildman–Crippen LogP) is 1.60. The van der Waals surface area contributed by atoms with E-state index in [0.717, 1.165) is 17.7 Å². The fourth-order valence-corrected chi connectivity index (χ4v) is 2.12. The van der Waals surface area contributed by atoms with Crippen molar-refractivity contribution in [3.8, 4) is 0 Å². The number of nitrogens with two attached hydrogens (primary N) is 1. The highest BCUT2D eigenvalue weighted by Crippen LogP contribution is 2.31. The van der Waals surface area contributed by atoms with Gasteiger partial charge in [0.05, 0.1) is 6.61 Å². The normalized spacial score (nSPS) is 20.6. The Labute approximate surface area is 84.0 Å². The minimum Gasteiger partial charge on any atom is -0.392 e. The molecule has 0 fully saturated rings. The second kappa shape index (κ2) is 3.58. The number of aliphatic hydroxyl groups is 1. The van der Waals surface area contributed by atoms with Gasteiger partial charge in [-0.25, -0.2) is 4.98 Å². The summed E-state index contributed by atoms with van der Waals surface area (Å²) in [6.45, 7) is 2.17. The molecule has 0 amide bonds. The number of rotatable bonds is 1. The number of nitrogen functional groups attached to an aromatic ring is 1. The number of hydrogen-bond donors (Lipinski definition) is 2. The maximum Gasteiger partial charge on any atom is 0.129 e. The molecule has 0 unspecified atom stereocenters. The summed E-state index contributed by atoms with van der Waals surface area (Å²) in [4.78, 5) is 4.38. The zero-order valence-corrected chi connectivity index (χ0v) is 8.45. The quantitative estimate of drug-likeness (QED) is 0.710. The Morgan fingerprint density at radius 2 is 2.43 bits per heavy atom. The van der Waals surface area contributed by atoms with E-state index in [-0.39, 0.29) is 6.61 Å². The number of pyridine rings is 1. The first kappa shape index (κ1) is 9.46. The second-order valence-corrected chi connectivity index (χ2v) is 4.03. The lowest BCUT2D eigenvalue weighted by atomic mass is 9.87. The highest BCUT2D eigenvalue weighted by atomic mass is 16.3. The number of nitrogens with zero attached hydrogens (tertiary/aromatic N) is 1. The van der Waals surface area contributed by atoms with Crippen LogP contribution in [-0.4, -0.2) is 10.1 Å². The molecule has 0 radical (unpaired) electrons. The highest BCUT2D eigenvalue weighted by Gasteiger charge is 2.19. The summed E-state index contributed by atoms with van der Waals surface area (Å²) >= 11 is 0. The van der Waals surface area contributed by atoms with Crippen LogP contribution >= 0.6 is 0 Å². The van der Waals surface area contributed by atoms with Crippen LogP contribution in [0, 0.1) is 0 Å². The van der Waals surface area contributed by atoms with Gasteiger partial charge in [0, 0.05) is 11.3 Å². The lowest BCUT2D eigenvalue weighted by Crippen LogP contribution is -2.12. The third-order valence-electron chi connectivity index (χ3n) is 2.97. The topological polar surface area (TPSA) is 59.1 Å². The molecule has 1 aliphatic rings. The molecular formula is C11H16N2O. The van der Waals surface area contributed by atoms with Gasteiger partial charge < -0.3 is 10.8 Å². The molecule has 1 aromatic heterocycles. The van der Waals surface area contributed by atoms with Gasteiger partial charge in [0.15, 0.2) is 0 Å². The summed E-state index contributed by atoms with van der Waals surface area (Å²) in [5.74, 6) is 0.994. The average Bonchev–Trinajstić information content (AvgIpc) is 2.19. The number of fused-ring (bicyclic) bond motifs is 1. The first-order chi connectivity index (χ1) is 6.72. The minimum absolute atomic E-state index is 0.0134. The summed E-state index contributed by atoms with van der Waals surface area (Å²) in [5.41, 5.74) is 8.90. The summed E-state index contributed by atoms with van der Waals surface area (Å²) in [5, 5.41) is 9.07. The van der Waals surface area contributed by atoms with Crippen molar-refractivity contribution in [2.75, 3.05) is 5.73 Å². The fourth-order valence-electron chi connectivity index (χ4n) is 2.12. The SMILES string of the molecule is C[C@@H]1CCCc2cc(CO)c(N)nc21. The molecular weight excluding hydrogens is 176 g/mol. The number of aromatic nitrogens is 1. The molecule has 0 saturated carbocycles. The molecule has 14 heavy (non-hydrogen) atoms. The van der Waals surface area contributed by atoms with Gasteiger partial charge in [0.25, 0.3) is 0 Å². The number of anilines is 1. The number of hydrogen-bond acceptors (Lipinski definition) is 3. The molecule has 0 bridgehead atoms. The molecule has 3 heteroatoms. The standard InChI is InChI=1S/C11H16N2O/c1-7-3-2-4-8-5-9(6-14)11(12)13-10(7)8/h5,7,14H,2-4,6H2,1H3,(H2,12,13)/t7-/m1/s1. The van der Waals surface area contributed by atoms with Crippen LogP contribution in [0.4, 0.5) is 5.82 Å². The van der Waals surface area contributed by atoms with Crippen molar-refractivity contribution in [1.29, 1.82) is 0 Å². The maximum atomic E-state index is 9.07. The smallest absolute Gasteiger partial charge is 0.129 e. The van der Waals surface area contributed by atoms with Gasteiger partial charge >= 0.3 is 0 Å². The van der Waals surface area contributed by atoms with Crippen molar-refractivity contribution in [2.24, 2.45) is 0 Å². The van der Waals surface area contributed by atoms with Gasteiger partial charge in [-0.15, -0.1) is 0 Å². The number of aliphatic hydroxyl groups excluding tert-OH is 1. The lowest BCUT2D eigenvalue weighted by molar-refractivity contribution is 0.282. The zero-order valence-electron chi connectivity index (χ0n) is 8.45. The van der Waals surface area contributed by atoms with Crippen LogP contribution in [0.2, 0.25) is 0 Å². The molecule has 0 spiro atoms. The van der Waals surface area contributed by atoms with Crippen molar-refractivity contribution < 1.29 is 5.11 Å². The Morgan fingerprint density at radius 1 is 1.64 bits per heavy atom. The molecule has 1 atom stereocenters.